The lowest BCUT2D eigenvalue weighted by Gasteiger charge is -1.89. The van der Waals surface area contributed by atoms with Crippen molar-refractivity contribution in [3.8, 4) is 11.5 Å². The van der Waals surface area contributed by atoms with E-state index in [2.05, 4.69) is 4.98 Å². The molecule has 3 nitrogen and oxygen atoms in total. The van der Waals surface area contributed by atoms with E-state index in [9.17, 15) is 4.79 Å². The minimum Gasteiger partial charge on any atom is -0.460 e. The molecule has 78 valence electrons. The molecule has 0 radical (unpaired) electrons. The van der Waals surface area contributed by atoms with Crippen LogP contribution in [0.4, 0.5) is 0 Å². The summed E-state index contributed by atoms with van der Waals surface area (Å²) in [5.74, 6) is 1.76. The van der Waals surface area contributed by atoms with Crippen LogP contribution in [0.2, 0.25) is 0 Å². The monoisotopic (exact) mass is 221 g/mol. The number of ketones is 1. The van der Waals surface area contributed by atoms with Crippen LogP contribution in [0, 0.1) is 6.92 Å². The predicted octanol–water partition coefficient (Wildman–Crippen LogP) is 2.84. The normalized spacial score (nSPS) is 10.5. The highest BCUT2D eigenvalue weighted by Crippen LogP contribution is 2.23. The summed E-state index contributed by atoms with van der Waals surface area (Å²) < 4.78 is 5.45. The predicted molar refractivity (Wildman–Crippen MR) is 58.9 cm³/mol. The summed E-state index contributed by atoms with van der Waals surface area (Å²) in [7, 11) is 0. The van der Waals surface area contributed by atoms with E-state index in [1.807, 2.05) is 24.4 Å². The Balaban J connectivity index is 2.23. The number of carbonyl (C=O) groups is 1. The Labute approximate surface area is 91.8 Å². The Morgan fingerprint density at radius 3 is 2.93 bits per heavy atom. The number of hydrogen-bond acceptors (Lipinski definition) is 4. The minimum atomic E-state index is 0.131. The fraction of sp³-hybridized carbons (Fsp3) is 0.273. The van der Waals surface area contributed by atoms with Gasteiger partial charge in [-0.05, 0) is 26.0 Å². The number of furan rings is 1. The van der Waals surface area contributed by atoms with Crippen LogP contribution in [0.3, 0.4) is 0 Å². The number of aromatic nitrogens is 1. The Kier molecular flexibility index (Phi) is 2.68. The van der Waals surface area contributed by atoms with Gasteiger partial charge in [0.05, 0.1) is 6.42 Å². The summed E-state index contributed by atoms with van der Waals surface area (Å²) in [6.45, 7) is 3.46. The molecule has 0 saturated heterocycles. The van der Waals surface area contributed by atoms with Crippen molar-refractivity contribution >= 4 is 17.1 Å². The molecule has 0 aromatic carbocycles. The minimum absolute atomic E-state index is 0.131. The van der Waals surface area contributed by atoms with Gasteiger partial charge in [0, 0.05) is 5.38 Å². The number of aryl methyl sites for hydroxylation is 1. The second-order valence-corrected chi connectivity index (χ2v) is 4.36. The second-order valence-electron chi connectivity index (χ2n) is 3.42. The second kappa shape index (κ2) is 3.98. The summed E-state index contributed by atoms with van der Waals surface area (Å²) >= 11 is 1.49. The van der Waals surface area contributed by atoms with Crippen molar-refractivity contribution in [2.24, 2.45) is 0 Å². The largest absolute Gasteiger partial charge is 0.460 e. The maximum Gasteiger partial charge on any atom is 0.153 e. The molecule has 0 spiro atoms. The van der Waals surface area contributed by atoms with Gasteiger partial charge in [-0.2, -0.15) is 0 Å². The van der Waals surface area contributed by atoms with Gasteiger partial charge in [-0.25, -0.2) is 4.98 Å². The van der Waals surface area contributed by atoms with Crippen LogP contribution in [-0.4, -0.2) is 10.8 Å². The van der Waals surface area contributed by atoms with Crippen LogP contribution in [0.25, 0.3) is 11.5 Å². The molecule has 4 heteroatoms. The number of nitrogens with zero attached hydrogens (tertiary/aromatic N) is 1. The lowest BCUT2D eigenvalue weighted by Crippen LogP contribution is -1.94. The zero-order valence-corrected chi connectivity index (χ0v) is 9.43. The third-order valence-corrected chi connectivity index (χ3v) is 2.79. The highest BCUT2D eigenvalue weighted by Gasteiger charge is 2.08. The first-order valence-electron chi connectivity index (χ1n) is 4.66. The molecular weight excluding hydrogens is 210 g/mol. The molecule has 0 saturated carbocycles. The van der Waals surface area contributed by atoms with Gasteiger partial charge in [-0.3, -0.25) is 4.79 Å². The topological polar surface area (TPSA) is 43.1 Å². The lowest BCUT2D eigenvalue weighted by molar-refractivity contribution is -0.116. The molecule has 0 atom stereocenters. The Morgan fingerprint density at radius 2 is 2.33 bits per heavy atom. The van der Waals surface area contributed by atoms with Crippen molar-refractivity contribution in [1.82, 2.24) is 4.98 Å². The van der Waals surface area contributed by atoms with Crippen molar-refractivity contribution in [2.45, 2.75) is 20.3 Å². The molecule has 0 aliphatic rings. The van der Waals surface area contributed by atoms with Crippen LogP contribution in [0.1, 0.15) is 17.7 Å². The van der Waals surface area contributed by atoms with Gasteiger partial charge < -0.3 is 4.42 Å². The third kappa shape index (κ3) is 2.33. The first kappa shape index (κ1) is 10.1. The highest BCUT2D eigenvalue weighted by atomic mass is 32.1. The van der Waals surface area contributed by atoms with Crippen LogP contribution in [0.5, 0.6) is 0 Å². The molecule has 0 amide bonds. The molecule has 0 aliphatic heterocycles. The van der Waals surface area contributed by atoms with E-state index in [1.54, 1.807) is 6.92 Å². The SMILES string of the molecule is CC(=O)Cc1nc(-c2ccc(C)o2)cs1. The van der Waals surface area contributed by atoms with Crippen LogP contribution >= 0.6 is 11.3 Å². The highest BCUT2D eigenvalue weighted by molar-refractivity contribution is 7.10. The maximum absolute atomic E-state index is 10.9. The molecule has 2 heterocycles. The number of rotatable bonds is 3. The van der Waals surface area contributed by atoms with Crippen molar-refractivity contribution in [3.05, 3.63) is 28.3 Å². The van der Waals surface area contributed by atoms with Crippen molar-refractivity contribution < 1.29 is 9.21 Å². The molecule has 15 heavy (non-hydrogen) atoms. The number of hydrogen-bond donors (Lipinski definition) is 0. The van der Waals surface area contributed by atoms with E-state index in [1.165, 1.54) is 11.3 Å². The van der Waals surface area contributed by atoms with Crippen molar-refractivity contribution in [3.63, 3.8) is 0 Å². The molecular formula is C11H11NO2S. The first-order valence-corrected chi connectivity index (χ1v) is 5.54. The zero-order chi connectivity index (χ0) is 10.8. The number of thiazole rings is 1. The smallest absolute Gasteiger partial charge is 0.153 e. The van der Waals surface area contributed by atoms with Crippen LogP contribution in [0.15, 0.2) is 21.9 Å². The van der Waals surface area contributed by atoms with E-state index in [0.29, 0.717) is 6.42 Å². The van der Waals surface area contributed by atoms with Gasteiger partial charge in [0.25, 0.3) is 0 Å². The van der Waals surface area contributed by atoms with Crippen LogP contribution in [-0.2, 0) is 11.2 Å². The quantitative estimate of drug-likeness (QED) is 0.800. The molecule has 0 fully saturated rings. The van der Waals surface area contributed by atoms with Crippen molar-refractivity contribution in [2.75, 3.05) is 0 Å². The third-order valence-electron chi connectivity index (χ3n) is 1.94. The molecule has 0 unspecified atom stereocenters. The molecule has 0 bridgehead atoms. The number of Topliss-reactive ketones (excluding diaryl/α,β-unsaturated/α-hetero) is 1. The molecule has 2 aromatic rings. The first-order chi connectivity index (χ1) is 7.15. The Hall–Kier alpha value is -1.42. The molecule has 0 aliphatic carbocycles. The van der Waals surface area contributed by atoms with Gasteiger partial charge >= 0.3 is 0 Å². The maximum atomic E-state index is 10.9. The van der Waals surface area contributed by atoms with Crippen LogP contribution < -0.4 is 0 Å². The summed E-state index contributed by atoms with van der Waals surface area (Å²) in [6, 6.07) is 3.79. The van der Waals surface area contributed by atoms with Crippen molar-refractivity contribution in [1.29, 1.82) is 0 Å². The van der Waals surface area contributed by atoms with E-state index in [0.717, 1.165) is 22.2 Å². The summed E-state index contributed by atoms with van der Waals surface area (Å²) in [5, 5.41) is 2.75. The van der Waals surface area contributed by atoms with E-state index in [4.69, 9.17) is 4.42 Å². The lowest BCUT2D eigenvalue weighted by atomic mass is 10.3. The molecule has 2 rings (SSSR count). The van der Waals surface area contributed by atoms with Gasteiger partial charge in [0.1, 0.15) is 22.2 Å². The fourth-order valence-corrected chi connectivity index (χ4v) is 2.14. The van der Waals surface area contributed by atoms with E-state index in [-0.39, 0.29) is 5.78 Å². The van der Waals surface area contributed by atoms with Gasteiger partial charge in [-0.1, -0.05) is 0 Å². The Morgan fingerprint density at radius 1 is 1.53 bits per heavy atom. The van der Waals surface area contributed by atoms with Gasteiger partial charge in [-0.15, -0.1) is 11.3 Å². The molecule has 2 aromatic heterocycles. The van der Waals surface area contributed by atoms with E-state index < -0.39 is 0 Å². The number of carbonyl (C=O) groups excluding carboxylic acids is 1. The van der Waals surface area contributed by atoms with Gasteiger partial charge in [0.15, 0.2) is 5.76 Å². The summed E-state index contributed by atoms with van der Waals surface area (Å²) in [5.41, 5.74) is 0.810. The molecule has 0 N–H and O–H groups in total. The van der Waals surface area contributed by atoms with E-state index >= 15 is 0 Å². The Bertz CT molecular complexity index is 484. The summed E-state index contributed by atoms with van der Waals surface area (Å²) in [4.78, 5) is 15.2. The standard InChI is InChI=1S/C11H11NO2S/c1-7(13)5-11-12-9(6-15-11)10-4-3-8(2)14-10/h3-4,6H,5H2,1-2H3. The average Bonchev–Trinajstić information content (AvgIpc) is 2.72. The van der Waals surface area contributed by atoms with Gasteiger partial charge in [0.2, 0.25) is 0 Å². The zero-order valence-electron chi connectivity index (χ0n) is 8.61. The fourth-order valence-electron chi connectivity index (χ4n) is 1.29. The summed E-state index contributed by atoms with van der Waals surface area (Å²) in [6.07, 6.45) is 0.407. The average molecular weight is 221 g/mol.